The van der Waals surface area contributed by atoms with Gasteiger partial charge in [-0.2, -0.15) is 0 Å². The molecule has 0 saturated carbocycles. The van der Waals surface area contributed by atoms with Crippen LogP contribution in [0.2, 0.25) is 5.15 Å². The summed E-state index contributed by atoms with van der Waals surface area (Å²) in [5.41, 5.74) is 6.91. The van der Waals surface area contributed by atoms with Gasteiger partial charge in [-0.1, -0.05) is 33.6 Å². The molecule has 0 radical (unpaired) electrons. The van der Waals surface area contributed by atoms with Crippen molar-refractivity contribution in [1.82, 2.24) is 4.98 Å². The number of nitrogens with two attached hydrogens (primary N) is 1. The van der Waals surface area contributed by atoms with Crippen LogP contribution in [0, 0.1) is 0 Å². The average Bonchev–Trinajstić information content (AvgIpc) is 2.28. The van der Waals surface area contributed by atoms with Crippen molar-refractivity contribution in [3.8, 4) is 0 Å². The van der Waals surface area contributed by atoms with Gasteiger partial charge in [-0.05, 0) is 24.3 Å². The lowest BCUT2D eigenvalue weighted by molar-refractivity contribution is 0.100. The molecule has 0 fully saturated rings. The van der Waals surface area contributed by atoms with Crippen LogP contribution in [0.3, 0.4) is 0 Å². The molecule has 1 aromatic carbocycles. The van der Waals surface area contributed by atoms with Crippen LogP contribution in [0.15, 0.2) is 41.0 Å². The fraction of sp³-hybridized carbons (Fsp3) is 0. The summed E-state index contributed by atoms with van der Waals surface area (Å²) >= 11 is 9.17. The van der Waals surface area contributed by atoms with Crippen LogP contribution >= 0.6 is 27.5 Å². The predicted octanol–water partition coefficient (Wildman–Crippen LogP) is 3.34. The van der Waals surface area contributed by atoms with Crippen molar-refractivity contribution in [2.24, 2.45) is 5.73 Å². The molecule has 3 N–H and O–H groups in total. The number of halogens is 2. The van der Waals surface area contributed by atoms with Crippen LogP contribution in [0.25, 0.3) is 0 Å². The molecule has 1 amide bonds. The summed E-state index contributed by atoms with van der Waals surface area (Å²) in [5, 5.41) is 3.37. The van der Waals surface area contributed by atoms with E-state index < -0.39 is 5.91 Å². The molecule has 92 valence electrons. The molecule has 6 heteroatoms. The largest absolute Gasteiger partial charge is 0.365 e. The van der Waals surface area contributed by atoms with Gasteiger partial charge in [-0.25, -0.2) is 4.98 Å². The fourth-order valence-electron chi connectivity index (χ4n) is 1.45. The third-order valence-electron chi connectivity index (χ3n) is 2.24. The molecule has 4 nitrogen and oxygen atoms in total. The summed E-state index contributed by atoms with van der Waals surface area (Å²) in [6.45, 7) is 0. The number of primary amides is 1. The van der Waals surface area contributed by atoms with Crippen LogP contribution in [0.1, 0.15) is 10.4 Å². The van der Waals surface area contributed by atoms with Crippen molar-refractivity contribution in [3.05, 3.63) is 51.7 Å². The predicted molar refractivity (Wildman–Crippen MR) is 75.2 cm³/mol. The quantitative estimate of drug-likeness (QED) is 0.850. The van der Waals surface area contributed by atoms with Crippen molar-refractivity contribution in [2.75, 3.05) is 5.32 Å². The summed E-state index contributed by atoms with van der Waals surface area (Å²) < 4.78 is 0.924. The molecule has 2 aromatic rings. The summed E-state index contributed by atoms with van der Waals surface area (Å²) in [6, 6.07) is 9.07. The van der Waals surface area contributed by atoms with Gasteiger partial charge in [0.25, 0.3) is 5.91 Å². The topological polar surface area (TPSA) is 68.0 Å². The zero-order chi connectivity index (χ0) is 13.1. The Morgan fingerprint density at radius 2 is 2.17 bits per heavy atom. The van der Waals surface area contributed by atoms with E-state index in [0.717, 1.165) is 10.2 Å². The third-order valence-corrected chi connectivity index (χ3v) is 2.94. The van der Waals surface area contributed by atoms with Gasteiger partial charge in [0, 0.05) is 16.4 Å². The van der Waals surface area contributed by atoms with Crippen molar-refractivity contribution < 1.29 is 4.79 Å². The standard InChI is InChI=1S/C12H9BrClN3O/c13-7-2-1-3-8(4-7)17-10-5-11(14)16-6-9(10)12(15)18/h1-6H,(H2,15,18)(H,16,17). The Bertz CT molecular complexity index is 604. The highest BCUT2D eigenvalue weighted by Crippen LogP contribution is 2.24. The number of nitrogens with one attached hydrogen (secondary N) is 1. The molecule has 0 bridgehead atoms. The Morgan fingerprint density at radius 3 is 2.83 bits per heavy atom. The van der Waals surface area contributed by atoms with Crippen LogP contribution in [0.4, 0.5) is 11.4 Å². The number of hydrogen-bond donors (Lipinski definition) is 2. The highest BCUT2D eigenvalue weighted by atomic mass is 79.9. The first-order valence-electron chi connectivity index (χ1n) is 5.04. The molecule has 1 heterocycles. The molecular weight excluding hydrogens is 318 g/mol. The number of carbonyl (C=O) groups excluding carboxylic acids is 1. The van der Waals surface area contributed by atoms with Crippen LogP contribution < -0.4 is 11.1 Å². The molecule has 0 unspecified atom stereocenters. The Hall–Kier alpha value is -1.59. The van der Waals surface area contributed by atoms with Crippen molar-refractivity contribution in [1.29, 1.82) is 0 Å². The van der Waals surface area contributed by atoms with Gasteiger partial charge < -0.3 is 11.1 Å². The van der Waals surface area contributed by atoms with Gasteiger partial charge in [-0.3, -0.25) is 4.79 Å². The first-order chi connectivity index (χ1) is 8.56. The molecule has 0 spiro atoms. The van der Waals surface area contributed by atoms with E-state index in [4.69, 9.17) is 17.3 Å². The Morgan fingerprint density at radius 1 is 1.39 bits per heavy atom. The second kappa shape index (κ2) is 5.37. The number of hydrogen-bond acceptors (Lipinski definition) is 3. The van der Waals surface area contributed by atoms with Gasteiger partial charge in [0.15, 0.2) is 0 Å². The second-order valence-corrected chi connectivity index (χ2v) is 4.86. The van der Waals surface area contributed by atoms with Gasteiger partial charge in [-0.15, -0.1) is 0 Å². The summed E-state index contributed by atoms with van der Waals surface area (Å²) in [4.78, 5) is 15.1. The Kier molecular flexibility index (Phi) is 3.84. The van der Waals surface area contributed by atoms with E-state index in [1.807, 2.05) is 24.3 Å². The average molecular weight is 327 g/mol. The van der Waals surface area contributed by atoms with Crippen molar-refractivity contribution in [2.45, 2.75) is 0 Å². The molecule has 0 saturated heterocycles. The maximum absolute atomic E-state index is 11.3. The summed E-state index contributed by atoms with van der Waals surface area (Å²) in [6.07, 6.45) is 1.35. The number of nitrogens with zero attached hydrogens (tertiary/aromatic N) is 1. The molecule has 0 aliphatic heterocycles. The number of aromatic nitrogens is 1. The highest BCUT2D eigenvalue weighted by molar-refractivity contribution is 9.10. The molecule has 0 aliphatic carbocycles. The van der Waals surface area contributed by atoms with Crippen LogP contribution in [-0.2, 0) is 0 Å². The van der Waals surface area contributed by atoms with Crippen LogP contribution in [0.5, 0.6) is 0 Å². The molecule has 0 aliphatic rings. The first-order valence-corrected chi connectivity index (χ1v) is 6.21. The first kappa shape index (κ1) is 12.9. The zero-order valence-corrected chi connectivity index (χ0v) is 11.5. The zero-order valence-electron chi connectivity index (χ0n) is 9.15. The number of pyridine rings is 1. The van der Waals surface area contributed by atoms with E-state index in [9.17, 15) is 4.79 Å². The second-order valence-electron chi connectivity index (χ2n) is 3.55. The number of benzene rings is 1. The third kappa shape index (κ3) is 3.00. The minimum atomic E-state index is -0.559. The van der Waals surface area contributed by atoms with E-state index in [1.165, 1.54) is 6.20 Å². The Labute approximate surface area is 117 Å². The van der Waals surface area contributed by atoms with Gasteiger partial charge in [0.2, 0.25) is 0 Å². The molecule has 1 aromatic heterocycles. The molecular formula is C12H9BrClN3O. The van der Waals surface area contributed by atoms with E-state index in [2.05, 4.69) is 26.2 Å². The smallest absolute Gasteiger partial charge is 0.252 e. The minimum Gasteiger partial charge on any atom is -0.365 e. The van der Waals surface area contributed by atoms with Crippen LogP contribution in [-0.4, -0.2) is 10.9 Å². The van der Waals surface area contributed by atoms with Gasteiger partial charge >= 0.3 is 0 Å². The summed E-state index contributed by atoms with van der Waals surface area (Å²) in [7, 11) is 0. The lowest BCUT2D eigenvalue weighted by Gasteiger charge is -2.10. The maximum Gasteiger partial charge on any atom is 0.252 e. The van der Waals surface area contributed by atoms with E-state index in [1.54, 1.807) is 6.07 Å². The summed E-state index contributed by atoms with van der Waals surface area (Å²) in [5.74, 6) is -0.559. The lowest BCUT2D eigenvalue weighted by atomic mass is 10.2. The highest BCUT2D eigenvalue weighted by Gasteiger charge is 2.10. The normalized spacial score (nSPS) is 10.1. The number of carbonyl (C=O) groups is 1. The number of anilines is 2. The lowest BCUT2D eigenvalue weighted by Crippen LogP contribution is -2.13. The van der Waals surface area contributed by atoms with E-state index in [-0.39, 0.29) is 5.15 Å². The maximum atomic E-state index is 11.3. The Balaban J connectivity index is 2.39. The fourth-order valence-corrected chi connectivity index (χ4v) is 2.01. The SMILES string of the molecule is NC(=O)c1cnc(Cl)cc1Nc1cccc(Br)c1. The molecule has 18 heavy (non-hydrogen) atoms. The van der Waals surface area contributed by atoms with Crippen molar-refractivity contribution >= 4 is 44.8 Å². The van der Waals surface area contributed by atoms with Crippen molar-refractivity contribution in [3.63, 3.8) is 0 Å². The monoisotopic (exact) mass is 325 g/mol. The van der Waals surface area contributed by atoms with E-state index >= 15 is 0 Å². The number of rotatable bonds is 3. The molecule has 2 rings (SSSR count). The molecule has 0 atom stereocenters. The van der Waals surface area contributed by atoms with Gasteiger partial charge in [0.1, 0.15) is 5.15 Å². The van der Waals surface area contributed by atoms with E-state index in [0.29, 0.717) is 11.3 Å². The minimum absolute atomic E-state index is 0.289. The number of amides is 1. The van der Waals surface area contributed by atoms with Gasteiger partial charge in [0.05, 0.1) is 11.3 Å².